The highest BCUT2D eigenvalue weighted by atomic mass is 16.5. The summed E-state index contributed by atoms with van der Waals surface area (Å²) in [5.74, 6) is -0.439. The Kier molecular flexibility index (Phi) is 3.62. The normalized spacial score (nSPS) is 13.9. The van der Waals surface area contributed by atoms with Gasteiger partial charge in [0.25, 0.3) is 5.91 Å². The number of nitrogens with one attached hydrogen (secondary N) is 1. The third-order valence-corrected chi connectivity index (χ3v) is 2.54. The van der Waals surface area contributed by atoms with Crippen molar-refractivity contribution in [1.29, 1.82) is 0 Å². The minimum Gasteiger partial charge on any atom is -0.482 e. The van der Waals surface area contributed by atoms with Crippen LogP contribution in [0.1, 0.15) is 12.0 Å². The fraction of sp³-hybridized carbons (Fsp3) is 0.231. The Balaban J connectivity index is 2.00. The molecule has 0 radical (unpaired) electrons. The standard InChI is InChI=1S/C13H13NO4/c15-12-8-18-11-6-5-9(7-10(11)14-12)3-1-2-4-13(16)17/h2,4-7H,1,3,8H2,(H,14,15)(H,16,17)/b4-2+. The highest BCUT2D eigenvalue weighted by Crippen LogP contribution is 2.28. The van der Waals surface area contributed by atoms with E-state index >= 15 is 0 Å². The molecule has 1 heterocycles. The Bertz CT molecular complexity index is 508. The van der Waals surface area contributed by atoms with E-state index in [1.807, 2.05) is 18.2 Å². The fourth-order valence-electron chi connectivity index (χ4n) is 1.72. The van der Waals surface area contributed by atoms with Crippen LogP contribution in [0.5, 0.6) is 5.75 Å². The largest absolute Gasteiger partial charge is 0.482 e. The van der Waals surface area contributed by atoms with Crippen LogP contribution in [0.3, 0.4) is 0 Å². The van der Waals surface area contributed by atoms with Gasteiger partial charge >= 0.3 is 5.97 Å². The van der Waals surface area contributed by atoms with Gasteiger partial charge < -0.3 is 15.2 Å². The van der Waals surface area contributed by atoms with Crippen LogP contribution < -0.4 is 10.1 Å². The van der Waals surface area contributed by atoms with Crippen molar-refractivity contribution in [1.82, 2.24) is 0 Å². The molecule has 1 aromatic rings. The number of fused-ring (bicyclic) bond motifs is 1. The number of aliphatic carboxylic acids is 1. The third kappa shape index (κ3) is 3.10. The second-order valence-corrected chi connectivity index (χ2v) is 3.95. The summed E-state index contributed by atoms with van der Waals surface area (Å²) in [7, 11) is 0. The van der Waals surface area contributed by atoms with Crippen molar-refractivity contribution in [2.24, 2.45) is 0 Å². The first-order valence-corrected chi connectivity index (χ1v) is 5.60. The van der Waals surface area contributed by atoms with Crippen LogP contribution in [0.4, 0.5) is 5.69 Å². The number of carboxylic acid groups (broad SMARTS) is 1. The first-order chi connectivity index (χ1) is 8.65. The van der Waals surface area contributed by atoms with Crippen molar-refractivity contribution >= 4 is 17.6 Å². The molecule has 0 atom stereocenters. The van der Waals surface area contributed by atoms with Gasteiger partial charge in [0.05, 0.1) is 5.69 Å². The molecule has 5 nitrogen and oxygen atoms in total. The zero-order chi connectivity index (χ0) is 13.0. The average Bonchev–Trinajstić information content (AvgIpc) is 2.34. The summed E-state index contributed by atoms with van der Waals surface area (Å²) >= 11 is 0. The third-order valence-electron chi connectivity index (χ3n) is 2.54. The number of amides is 1. The monoisotopic (exact) mass is 247 g/mol. The van der Waals surface area contributed by atoms with E-state index in [4.69, 9.17) is 9.84 Å². The number of ether oxygens (including phenoxy) is 1. The molecule has 2 N–H and O–H groups in total. The number of carbonyl (C=O) groups excluding carboxylic acids is 1. The van der Waals surface area contributed by atoms with Crippen LogP contribution in [0.15, 0.2) is 30.4 Å². The maximum atomic E-state index is 11.2. The van der Waals surface area contributed by atoms with Crippen molar-refractivity contribution in [3.05, 3.63) is 35.9 Å². The molecule has 2 rings (SSSR count). The van der Waals surface area contributed by atoms with Crippen molar-refractivity contribution in [2.75, 3.05) is 11.9 Å². The van der Waals surface area contributed by atoms with Gasteiger partial charge in [-0.15, -0.1) is 0 Å². The number of aryl methyl sites for hydroxylation is 1. The first-order valence-electron chi connectivity index (χ1n) is 5.60. The predicted octanol–water partition coefficient (Wildman–Crippen LogP) is 1.59. The number of anilines is 1. The van der Waals surface area contributed by atoms with Crippen LogP contribution in [0.25, 0.3) is 0 Å². The molecule has 0 fully saturated rings. The minimum atomic E-state index is -0.943. The zero-order valence-corrected chi connectivity index (χ0v) is 9.68. The van der Waals surface area contributed by atoms with Gasteiger partial charge in [-0.2, -0.15) is 0 Å². The van der Waals surface area contributed by atoms with Crippen LogP contribution in [-0.4, -0.2) is 23.6 Å². The van der Waals surface area contributed by atoms with Gasteiger partial charge in [-0.3, -0.25) is 4.79 Å². The lowest BCUT2D eigenvalue weighted by molar-refractivity contribution is -0.131. The molecule has 1 aromatic carbocycles. The maximum Gasteiger partial charge on any atom is 0.327 e. The fourth-order valence-corrected chi connectivity index (χ4v) is 1.72. The molecule has 18 heavy (non-hydrogen) atoms. The van der Waals surface area contributed by atoms with E-state index in [-0.39, 0.29) is 12.5 Å². The van der Waals surface area contributed by atoms with Crippen LogP contribution in [0.2, 0.25) is 0 Å². The molecule has 0 saturated heterocycles. The molecule has 0 bridgehead atoms. The lowest BCUT2D eigenvalue weighted by Crippen LogP contribution is -2.25. The van der Waals surface area contributed by atoms with Crippen molar-refractivity contribution in [3.63, 3.8) is 0 Å². The van der Waals surface area contributed by atoms with Crippen LogP contribution >= 0.6 is 0 Å². The second-order valence-electron chi connectivity index (χ2n) is 3.95. The smallest absolute Gasteiger partial charge is 0.327 e. The van der Waals surface area contributed by atoms with E-state index in [0.717, 1.165) is 11.6 Å². The maximum absolute atomic E-state index is 11.2. The second kappa shape index (κ2) is 5.35. The van der Waals surface area contributed by atoms with Crippen molar-refractivity contribution in [2.45, 2.75) is 12.8 Å². The molecule has 5 heteroatoms. The molecule has 1 aliphatic rings. The van der Waals surface area contributed by atoms with Crippen molar-refractivity contribution < 1.29 is 19.4 Å². The first kappa shape index (κ1) is 12.2. The molecule has 0 aromatic heterocycles. The summed E-state index contributed by atoms with van der Waals surface area (Å²) in [5, 5.41) is 11.2. The Morgan fingerprint density at radius 3 is 3.11 bits per heavy atom. The highest BCUT2D eigenvalue weighted by Gasteiger charge is 2.15. The summed E-state index contributed by atoms with van der Waals surface area (Å²) in [6.07, 6.45) is 4.09. The summed E-state index contributed by atoms with van der Waals surface area (Å²) in [5.41, 5.74) is 1.69. The topological polar surface area (TPSA) is 75.6 Å². The Labute approximate surface area is 104 Å². The van der Waals surface area contributed by atoms with Gasteiger partial charge in [0.15, 0.2) is 6.61 Å². The minimum absolute atomic E-state index is 0.0493. The number of carbonyl (C=O) groups is 2. The summed E-state index contributed by atoms with van der Waals surface area (Å²) < 4.78 is 5.24. The Morgan fingerprint density at radius 1 is 1.50 bits per heavy atom. The molecule has 0 spiro atoms. The number of benzene rings is 1. The summed E-state index contributed by atoms with van der Waals surface area (Å²) in [6, 6.07) is 5.57. The molecule has 94 valence electrons. The predicted molar refractivity (Wildman–Crippen MR) is 65.7 cm³/mol. The Hall–Kier alpha value is -2.30. The van der Waals surface area contributed by atoms with Gasteiger partial charge in [0, 0.05) is 6.08 Å². The van der Waals surface area contributed by atoms with Gasteiger partial charge in [-0.1, -0.05) is 12.1 Å². The van der Waals surface area contributed by atoms with E-state index in [2.05, 4.69) is 5.32 Å². The number of hydrogen-bond donors (Lipinski definition) is 2. The summed E-state index contributed by atoms with van der Waals surface area (Å²) in [4.78, 5) is 21.4. The number of carboxylic acids is 1. The van der Waals surface area contributed by atoms with Gasteiger partial charge in [0.2, 0.25) is 0 Å². The van der Waals surface area contributed by atoms with Gasteiger partial charge in [0.1, 0.15) is 5.75 Å². The molecular formula is C13H13NO4. The van der Waals surface area contributed by atoms with Gasteiger partial charge in [-0.25, -0.2) is 4.79 Å². The molecule has 1 aliphatic heterocycles. The summed E-state index contributed by atoms with van der Waals surface area (Å²) in [6.45, 7) is 0.0493. The highest BCUT2D eigenvalue weighted by molar-refractivity contribution is 5.95. The van der Waals surface area contributed by atoms with Gasteiger partial charge in [-0.05, 0) is 30.5 Å². The molecule has 1 amide bonds. The SMILES string of the molecule is O=C(O)/C=C/CCc1ccc2c(c1)NC(=O)CO2. The Morgan fingerprint density at radius 2 is 2.33 bits per heavy atom. The lowest BCUT2D eigenvalue weighted by atomic mass is 10.1. The van der Waals surface area contributed by atoms with E-state index in [1.165, 1.54) is 0 Å². The average molecular weight is 247 g/mol. The number of allylic oxidation sites excluding steroid dienone is 1. The lowest BCUT2D eigenvalue weighted by Gasteiger charge is -2.18. The van der Waals surface area contributed by atoms with Crippen LogP contribution in [-0.2, 0) is 16.0 Å². The van der Waals surface area contributed by atoms with E-state index in [0.29, 0.717) is 24.3 Å². The van der Waals surface area contributed by atoms with E-state index in [9.17, 15) is 9.59 Å². The molecule has 0 saturated carbocycles. The quantitative estimate of drug-likeness (QED) is 0.792. The van der Waals surface area contributed by atoms with E-state index < -0.39 is 5.97 Å². The molecular weight excluding hydrogens is 234 g/mol. The van der Waals surface area contributed by atoms with Crippen molar-refractivity contribution in [3.8, 4) is 5.75 Å². The molecule has 0 aliphatic carbocycles. The van der Waals surface area contributed by atoms with E-state index in [1.54, 1.807) is 6.08 Å². The van der Waals surface area contributed by atoms with Crippen LogP contribution in [0, 0.1) is 0 Å². The number of rotatable bonds is 4. The number of hydrogen-bond acceptors (Lipinski definition) is 3. The zero-order valence-electron chi connectivity index (χ0n) is 9.68. The molecule has 0 unspecified atom stereocenters.